The van der Waals surface area contributed by atoms with E-state index < -0.39 is 52.7 Å². The molecule has 5 atom stereocenters. The van der Waals surface area contributed by atoms with Gasteiger partial charge in [-0.05, 0) is 56.1 Å². The van der Waals surface area contributed by atoms with E-state index in [0.717, 1.165) is 24.4 Å². The van der Waals surface area contributed by atoms with E-state index in [4.69, 9.17) is 4.79 Å². The molecule has 2 saturated heterocycles. The highest BCUT2D eigenvalue weighted by atomic mass is 32.1. The third kappa shape index (κ3) is 14.0. The predicted molar refractivity (Wildman–Crippen MR) is 203 cm³/mol. The molecule has 6 amide bonds. The number of nitrogens with one attached hydrogen (secondary N) is 3. The van der Waals surface area contributed by atoms with E-state index in [-0.39, 0.29) is 18.1 Å². The first kappa shape index (κ1) is 43.4. The van der Waals surface area contributed by atoms with Crippen LogP contribution in [0.25, 0.3) is 0 Å². The number of hydrogen-bond acceptors (Lipinski definition) is 8. The van der Waals surface area contributed by atoms with Gasteiger partial charge in [-0.1, -0.05) is 72.6 Å². The molecule has 5 unspecified atom stereocenters. The van der Waals surface area contributed by atoms with Crippen LogP contribution in [0.3, 0.4) is 0 Å². The molecule has 0 bridgehead atoms. The molecule has 3 aliphatic rings. The summed E-state index contributed by atoms with van der Waals surface area (Å²) in [6.07, 6.45) is 3.47. The molecule has 5 N–H and O–H groups in total. The summed E-state index contributed by atoms with van der Waals surface area (Å²) in [6, 6.07) is 6.19. The van der Waals surface area contributed by atoms with Crippen molar-refractivity contribution in [2.24, 2.45) is 23.0 Å². The van der Waals surface area contributed by atoms with Crippen LogP contribution in [-0.4, -0.2) is 108 Å². The molecule has 0 radical (unpaired) electrons. The number of nitrogens with two attached hydrogens (primary N) is 1. The number of urea groups is 1. The maximum absolute atomic E-state index is 13.9. The van der Waals surface area contributed by atoms with Crippen LogP contribution in [0.15, 0.2) is 30.3 Å². The summed E-state index contributed by atoms with van der Waals surface area (Å²) in [6.45, 7) is 17.9. The number of primary amides is 1. The monoisotopic (exact) mass is 731 g/mol. The summed E-state index contributed by atoms with van der Waals surface area (Å²) in [5.74, 6) is 0.178. The fourth-order valence-corrected chi connectivity index (χ4v) is 6.37. The molecule has 3 fully saturated rings. The molecular formula is C37H61N7O6S. The number of hydrogen-bond donors (Lipinski definition) is 5. The van der Waals surface area contributed by atoms with Gasteiger partial charge >= 0.3 is 6.03 Å². The Labute approximate surface area is 309 Å². The second kappa shape index (κ2) is 20.3. The van der Waals surface area contributed by atoms with E-state index in [2.05, 4.69) is 60.0 Å². The standard InChI is InChI=1S/C32H48N6O5S.C4H10.CH3NO/c1-20(29(41)37-17-15-36(16-18-37)23-9-7-6-8-10-23)33-31(43)35-27(32(3,4)5)30(42)38-14-13-25(44)26(38)28(40)34-24(21(2)39)19-22-11-12-22;1-4(2)3;2-1-3/h6-10,20,22,24-27,44H,11-19H2,1-5H3,(H,34,40)(H2,33,35,43);4H,1-3H3;1H,(H2,2,3). The second-order valence-corrected chi connectivity index (χ2v) is 16.0. The van der Waals surface area contributed by atoms with Crippen molar-refractivity contribution >= 4 is 54.3 Å². The molecule has 1 aromatic rings. The Kier molecular flexibility index (Phi) is 17.2. The van der Waals surface area contributed by atoms with Crippen LogP contribution in [-0.2, 0) is 24.0 Å². The molecule has 4 rings (SSSR count). The molecule has 13 nitrogen and oxygen atoms in total. The zero-order valence-electron chi connectivity index (χ0n) is 31.7. The summed E-state index contributed by atoms with van der Waals surface area (Å²) < 4.78 is 0. The van der Waals surface area contributed by atoms with Gasteiger partial charge in [0.2, 0.25) is 24.1 Å². The highest BCUT2D eigenvalue weighted by Crippen LogP contribution is 2.34. The number of nitrogens with zero attached hydrogens (tertiary/aromatic N) is 3. The van der Waals surface area contributed by atoms with Gasteiger partial charge < -0.3 is 36.4 Å². The predicted octanol–water partition coefficient (Wildman–Crippen LogP) is 2.97. The van der Waals surface area contributed by atoms with Crippen LogP contribution in [0.2, 0.25) is 0 Å². The fourth-order valence-electron chi connectivity index (χ4n) is 5.95. The molecule has 1 aliphatic carbocycles. The Morgan fingerprint density at radius 1 is 0.882 bits per heavy atom. The Balaban J connectivity index is 0.00000118. The van der Waals surface area contributed by atoms with Gasteiger partial charge in [-0.25, -0.2) is 4.79 Å². The van der Waals surface area contributed by atoms with Crippen molar-refractivity contribution in [3.05, 3.63) is 30.3 Å². The number of Topliss-reactive ketones (excluding diaryl/α,β-unsaturated/α-hetero) is 1. The Bertz CT molecular complexity index is 1310. The largest absolute Gasteiger partial charge is 0.372 e. The maximum Gasteiger partial charge on any atom is 0.316 e. The van der Waals surface area contributed by atoms with Crippen molar-refractivity contribution in [1.82, 2.24) is 25.8 Å². The number of piperazine rings is 1. The summed E-state index contributed by atoms with van der Waals surface area (Å²) >= 11 is 4.61. The lowest BCUT2D eigenvalue weighted by Gasteiger charge is -2.38. The van der Waals surface area contributed by atoms with Gasteiger partial charge in [-0.3, -0.25) is 24.0 Å². The number of amides is 6. The minimum Gasteiger partial charge on any atom is -0.372 e. The first-order valence-electron chi connectivity index (χ1n) is 18.0. The fraction of sp³-hybridized carbons (Fsp3) is 0.676. The minimum absolute atomic E-state index is 0.107. The molecule has 14 heteroatoms. The Hall–Kier alpha value is -3.81. The quantitative estimate of drug-likeness (QED) is 0.182. The molecule has 0 aromatic heterocycles. The molecule has 2 heterocycles. The number of thiol groups is 1. The van der Waals surface area contributed by atoms with E-state index in [1.165, 1.54) is 11.8 Å². The van der Waals surface area contributed by atoms with Gasteiger partial charge in [0.1, 0.15) is 18.1 Å². The molecule has 0 spiro atoms. The number of carbonyl (C=O) groups is 6. The topological polar surface area (TPSA) is 174 Å². The van der Waals surface area contributed by atoms with Gasteiger partial charge in [-0.2, -0.15) is 12.6 Å². The summed E-state index contributed by atoms with van der Waals surface area (Å²) in [5, 5.41) is 7.97. The van der Waals surface area contributed by atoms with E-state index in [1.807, 2.05) is 51.1 Å². The van der Waals surface area contributed by atoms with Gasteiger partial charge in [-0.15, -0.1) is 0 Å². The Morgan fingerprint density at radius 2 is 1.43 bits per heavy atom. The number of ketones is 1. The molecular weight excluding hydrogens is 671 g/mol. The number of rotatable bonds is 10. The van der Waals surface area contributed by atoms with Crippen molar-refractivity contribution in [3.63, 3.8) is 0 Å². The lowest BCUT2D eigenvalue weighted by molar-refractivity contribution is -0.142. The lowest BCUT2D eigenvalue weighted by atomic mass is 9.85. The Morgan fingerprint density at radius 3 is 1.92 bits per heavy atom. The van der Waals surface area contributed by atoms with E-state index in [1.54, 1.807) is 11.8 Å². The van der Waals surface area contributed by atoms with Crippen LogP contribution >= 0.6 is 12.6 Å². The first-order valence-corrected chi connectivity index (χ1v) is 18.5. The normalized spacial score (nSPS) is 20.4. The number of para-hydroxylation sites is 1. The van der Waals surface area contributed by atoms with Gasteiger partial charge in [0.25, 0.3) is 0 Å². The van der Waals surface area contributed by atoms with E-state index >= 15 is 0 Å². The minimum atomic E-state index is -0.969. The van der Waals surface area contributed by atoms with Crippen LogP contribution in [0.1, 0.15) is 81.1 Å². The summed E-state index contributed by atoms with van der Waals surface area (Å²) in [5.41, 5.74) is 4.58. The van der Waals surface area contributed by atoms with E-state index in [9.17, 15) is 24.0 Å². The van der Waals surface area contributed by atoms with Gasteiger partial charge in [0.05, 0.1) is 6.04 Å². The maximum atomic E-state index is 13.9. The van der Waals surface area contributed by atoms with Crippen molar-refractivity contribution in [1.29, 1.82) is 0 Å². The number of likely N-dealkylation sites (tertiary alicyclic amines) is 1. The third-order valence-electron chi connectivity index (χ3n) is 8.81. The van der Waals surface area contributed by atoms with E-state index in [0.29, 0.717) is 51.5 Å². The van der Waals surface area contributed by atoms with Crippen LogP contribution < -0.4 is 26.6 Å². The highest BCUT2D eigenvalue weighted by Gasteiger charge is 2.46. The molecule has 51 heavy (non-hydrogen) atoms. The zero-order chi connectivity index (χ0) is 38.5. The number of benzene rings is 1. The highest BCUT2D eigenvalue weighted by molar-refractivity contribution is 7.81. The molecule has 286 valence electrons. The summed E-state index contributed by atoms with van der Waals surface area (Å²) in [7, 11) is 0. The van der Waals surface area contributed by atoms with Crippen molar-refractivity contribution in [2.45, 2.75) is 110 Å². The first-order chi connectivity index (χ1) is 23.9. The zero-order valence-corrected chi connectivity index (χ0v) is 32.6. The lowest BCUT2D eigenvalue weighted by Crippen LogP contribution is -2.62. The van der Waals surface area contributed by atoms with Crippen LogP contribution in [0.4, 0.5) is 10.5 Å². The average molecular weight is 732 g/mol. The SMILES string of the molecule is CC(=O)C(CC1CC1)NC(=O)C1C(S)CCN1C(=O)C(NC(=O)NC(C)C(=O)N1CCN(c2ccccc2)CC1)C(C)(C)C.CC(C)C.NC=O. The smallest absolute Gasteiger partial charge is 0.316 e. The molecule has 1 aromatic carbocycles. The third-order valence-corrected chi connectivity index (χ3v) is 9.35. The van der Waals surface area contributed by atoms with Gasteiger partial charge in [0, 0.05) is 43.7 Å². The number of anilines is 1. The van der Waals surface area contributed by atoms with Gasteiger partial charge in [0.15, 0.2) is 5.78 Å². The van der Waals surface area contributed by atoms with Crippen molar-refractivity contribution in [2.75, 3.05) is 37.6 Å². The van der Waals surface area contributed by atoms with Crippen LogP contribution in [0, 0.1) is 17.3 Å². The second-order valence-electron chi connectivity index (χ2n) is 15.3. The van der Waals surface area contributed by atoms with Crippen molar-refractivity contribution < 1.29 is 28.8 Å². The number of carbonyl (C=O) groups excluding carboxylic acids is 6. The molecule has 2 aliphatic heterocycles. The summed E-state index contributed by atoms with van der Waals surface area (Å²) in [4.78, 5) is 79.9. The van der Waals surface area contributed by atoms with Crippen molar-refractivity contribution in [3.8, 4) is 0 Å². The average Bonchev–Trinajstić information content (AvgIpc) is 3.80. The molecule has 1 saturated carbocycles. The van der Waals surface area contributed by atoms with Crippen LogP contribution in [0.5, 0.6) is 0 Å².